The maximum absolute atomic E-state index is 6.16. The van der Waals surface area contributed by atoms with Crippen molar-refractivity contribution in [2.24, 2.45) is 0 Å². The van der Waals surface area contributed by atoms with Crippen LogP contribution in [0.3, 0.4) is 0 Å². The molecule has 0 aliphatic rings. The van der Waals surface area contributed by atoms with Crippen molar-refractivity contribution in [1.82, 2.24) is 0 Å². The lowest BCUT2D eigenvalue weighted by Crippen LogP contribution is -1.94. The second-order valence-corrected chi connectivity index (χ2v) is 11.9. The Bertz CT molecular complexity index is 1060. The first-order valence-corrected chi connectivity index (χ1v) is 16.8. The number of nitrogen functional groups attached to an aromatic ring is 2. The molecule has 0 aliphatic heterocycles. The van der Waals surface area contributed by atoms with E-state index in [9.17, 15) is 0 Å². The summed E-state index contributed by atoms with van der Waals surface area (Å²) in [6.07, 6.45) is 26.0. The van der Waals surface area contributed by atoms with Gasteiger partial charge in [-0.1, -0.05) is 128 Å². The molecule has 0 saturated carbocycles. The number of hydrogen-bond donors (Lipinski definition) is 2. The van der Waals surface area contributed by atoms with Crippen molar-refractivity contribution in [2.45, 2.75) is 129 Å². The lowest BCUT2D eigenvalue weighted by atomic mass is 10.0. The van der Waals surface area contributed by atoms with Crippen LogP contribution in [0.2, 0.25) is 0 Å². The Morgan fingerprint density at radius 2 is 0.810 bits per heavy atom. The van der Waals surface area contributed by atoms with Crippen molar-refractivity contribution < 1.29 is 9.47 Å². The van der Waals surface area contributed by atoms with Gasteiger partial charge in [0.25, 0.3) is 0 Å². The average Bonchev–Trinajstić information content (AvgIpc) is 2.96. The maximum Gasteiger partial charge on any atom is 0.131 e. The highest BCUT2D eigenvalue weighted by Crippen LogP contribution is 2.32. The van der Waals surface area contributed by atoms with Crippen LogP contribution in [0, 0.1) is 0 Å². The molecular weight excluding hydrogens is 516 g/mol. The third-order valence-electron chi connectivity index (χ3n) is 7.95. The maximum atomic E-state index is 6.16. The monoisotopic (exact) mass is 572 g/mol. The predicted molar refractivity (Wildman–Crippen MR) is 181 cm³/mol. The van der Waals surface area contributed by atoms with Crippen LogP contribution in [-0.2, 0) is 6.42 Å². The summed E-state index contributed by atoms with van der Waals surface area (Å²) >= 11 is 0. The minimum Gasteiger partial charge on any atom is -0.457 e. The Balaban J connectivity index is 1.31. The molecule has 0 aliphatic carbocycles. The molecule has 4 N–H and O–H groups in total. The fraction of sp³-hybridized carbons (Fsp3) is 0.526. The molecule has 230 valence electrons. The highest BCUT2D eigenvalue weighted by Gasteiger charge is 2.07. The summed E-state index contributed by atoms with van der Waals surface area (Å²) in [5, 5.41) is 0. The molecule has 4 nitrogen and oxygen atoms in total. The Morgan fingerprint density at radius 1 is 0.429 bits per heavy atom. The Kier molecular flexibility index (Phi) is 16.4. The molecule has 0 fully saturated rings. The molecule has 4 heteroatoms. The van der Waals surface area contributed by atoms with Crippen LogP contribution in [0.15, 0.2) is 66.7 Å². The van der Waals surface area contributed by atoms with Crippen molar-refractivity contribution in [3.8, 4) is 23.0 Å². The molecule has 0 aromatic heterocycles. The molecule has 0 unspecified atom stereocenters. The number of aryl methyl sites for hydroxylation is 1. The van der Waals surface area contributed by atoms with Gasteiger partial charge in [-0.15, -0.1) is 0 Å². The van der Waals surface area contributed by atoms with E-state index in [2.05, 4.69) is 19.1 Å². The standard InChI is InChI=1S/C38H56N2O2/c1-2-3-4-5-6-7-8-9-10-11-12-13-14-15-16-17-18-19-22-32-27-37(41-35-25-20-23-33(39)29-35)31-38(28-32)42-36-26-21-24-34(40)30-36/h20-21,23-31H,2-19,22,39-40H2,1H3. The van der Waals surface area contributed by atoms with Gasteiger partial charge in [-0.05, 0) is 54.8 Å². The van der Waals surface area contributed by atoms with Gasteiger partial charge in [0.2, 0.25) is 0 Å². The van der Waals surface area contributed by atoms with Crippen LogP contribution in [0.5, 0.6) is 23.0 Å². The van der Waals surface area contributed by atoms with Gasteiger partial charge in [-0.2, -0.15) is 0 Å². The molecule has 3 aromatic rings. The Labute approximate surface area is 256 Å². The lowest BCUT2D eigenvalue weighted by molar-refractivity contribution is 0.459. The lowest BCUT2D eigenvalue weighted by Gasteiger charge is -2.13. The van der Waals surface area contributed by atoms with Crippen LogP contribution < -0.4 is 20.9 Å². The number of anilines is 2. The number of rotatable bonds is 23. The van der Waals surface area contributed by atoms with E-state index in [1.54, 1.807) is 0 Å². The number of hydrogen-bond acceptors (Lipinski definition) is 4. The van der Waals surface area contributed by atoms with Crippen LogP contribution in [0.1, 0.15) is 128 Å². The fourth-order valence-electron chi connectivity index (χ4n) is 5.55. The van der Waals surface area contributed by atoms with E-state index in [1.807, 2.05) is 54.6 Å². The summed E-state index contributed by atoms with van der Waals surface area (Å²) in [4.78, 5) is 0. The fourth-order valence-corrected chi connectivity index (χ4v) is 5.55. The molecular formula is C38H56N2O2. The van der Waals surface area contributed by atoms with Crippen molar-refractivity contribution >= 4 is 11.4 Å². The minimum absolute atomic E-state index is 0.679. The molecule has 0 bridgehead atoms. The number of unbranched alkanes of at least 4 members (excludes halogenated alkanes) is 17. The third kappa shape index (κ3) is 14.7. The first-order valence-electron chi connectivity index (χ1n) is 16.8. The van der Waals surface area contributed by atoms with E-state index in [4.69, 9.17) is 20.9 Å². The summed E-state index contributed by atoms with van der Waals surface area (Å²) < 4.78 is 12.3. The van der Waals surface area contributed by atoms with E-state index in [0.717, 1.165) is 35.8 Å². The van der Waals surface area contributed by atoms with E-state index < -0.39 is 0 Å². The van der Waals surface area contributed by atoms with Gasteiger partial charge in [-0.3, -0.25) is 0 Å². The largest absolute Gasteiger partial charge is 0.457 e. The smallest absolute Gasteiger partial charge is 0.131 e. The van der Waals surface area contributed by atoms with Crippen LogP contribution in [0.25, 0.3) is 0 Å². The third-order valence-corrected chi connectivity index (χ3v) is 7.95. The summed E-state index contributed by atoms with van der Waals surface area (Å²) in [5.74, 6) is 2.93. The van der Waals surface area contributed by atoms with Gasteiger partial charge < -0.3 is 20.9 Å². The SMILES string of the molecule is CCCCCCCCCCCCCCCCCCCCc1cc(Oc2cccc(N)c2)cc(Oc2cccc(N)c2)c1. The number of ether oxygens (including phenoxy) is 2. The summed E-state index contributed by atoms with van der Waals surface area (Å²) in [6, 6.07) is 21.2. The number of nitrogens with two attached hydrogens (primary N) is 2. The molecule has 0 saturated heterocycles. The summed E-state index contributed by atoms with van der Waals surface area (Å²) in [7, 11) is 0. The topological polar surface area (TPSA) is 70.5 Å². The van der Waals surface area contributed by atoms with Gasteiger partial charge in [0.15, 0.2) is 0 Å². The van der Waals surface area contributed by atoms with Crippen LogP contribution >= 0.6 is 0 Å². The highest BCUT2D eigenvalue weighted by atomic mass is 16.5. The molecule has 0 atom stereocenters. The Hall–Kier alpha value is -3.14. The molecule has 3 rings (SSSR count). The second kappa shape index (κ2) is 20.7. The quantitative estimate of drug-likeness (QED) is 0.0875. The highest BCUT2D eigenvalue weighted by molar-refractivity contribution is 5.49. The van der Waals surface area contributed by atoms with Crippen molar-refractivity contribution in [2.75, 3.05) is 11.5 Å². The molecule has 0 radical (unpaired) electrons. The minimum atomic E-state index is 0.679. The van der Waals surface area contributed by atoms with Crippen molar-refractivity contribution in [3.05, 3.63) is 72.3 Å². The summed E-state index contributed by atoms with van der Waals surface area (Å²) in [5.41, 5.74) is 14.5. The first kappa shape index (κ1) is 33.4. The second-order valence-electron chi connectivity index (χ2n) is 11.9. The zero-order chi connectivity index (χ0) is 29.7. The zero-order valence-electron chi connectivity index (χ0n) is 26.3. The molecule has 0 heterocycles. The van der Waals surface area contributed by atoms with E-state index in [0.29, 0.717) is 11.4 Å². The van der Waals surface area contributed by atoms with Crippen molar-refractivity contribution in [1.29, 1.82) is 0 Å². The predicted octanol–water partition coefficient (Wildman–Crippen LogP) is 12.0. The van der Waals surface area contributed by atoms with Gasteiger partial charge >= 0.3 is 0 Å². The normalized spacial score (nSPS) is 11.1. The van der Waals surface area contributed by atoms with Gasteiger partial charge in [-0.25, -0.2) is 0 Å². The van der Waals surface area contributed by atoms with Crippen LogP contribution in [0.4, 0.5) is 11.4 Å². The van der Waals surface area contributed by atoms with Crippen LogP contribution in [-0.4, -0.2) is 0 Å². The van der Waals surface area contributed by atoms with E-state index in [1.165, 1.54) is 115 Å². The molecule has 3 aromatic carbocycles. The number of benzene rings is 3. The van der Waals surface area contributed by atoms with Gasteiger partial charge in [0.05, 0.1) is 0 Å². The molecule has 0 spiro atoms. The summed E-state index contributed by atoms with van der Waals surface area (Å²) in [6.45, 7) is 2.29. The molecule has 42 heavy (non-hydrogen) atoms. The van der Waals surface area contributed by atoms with Gasteiger partial charge in [0, 0.05) is 29.6 Å². The Morgan fingerprint density at radius 3 is 1.19 bits per heavy atom. The average molecular weight is 573 g/mol. The first-order chi connectivity index (χ1) is 20.6. The van der Waals surface area contributed by atoms with Crippen molar-refractivity contribution in [3.63, 3.8) is 0 Å². The zero-order valence-corrected chi connectivity index (χ0v) is 26.3. The van der Waals surface area contributed by atoms with E-state index in [-0.39, 0.29) is 0 Å². The molecule has 0 amide bonds. The van der Waals surface area contributed by atoms with E-state index >= 15 is 0 Å². The van der Waals surface area contributed by atoms with Gasteiger partial charge in [0.1, 0.15) is 23.0 Å².